The Hall–Kier alpha value is -3.97. The lowest BCUT2D eigenvalue weighted by atomic mass is 10.0. The highest BCUT2D eigenvalue weighted by molar-refractivity contribution is 7.14. The molecule has 2 aromatic heterocycles. The first-order valence-corrected chi connectivity index (χ1v) is 13.9. The van der Waals surface area contributed by atoms with Crippen molar-refractivity contribution < 1.29 is 27.5 Å². The average molecular weight is 587 g/mol. The second-order valence-electron chi connectivity index (χ2n) is 9.94. The van der Waals surface area contributed by atoms with E-state index in [1.54, 1.807) is 18.2 Å². The first-order valence-electron chi connectivity index (χ1n) is 13.0. The maximum absolute atomic E-state index is 13.7. The van der Waals surface area contributed by atoms with Gasteiger partial charge in [0.05, 0.1) is 30.4 Å². The minimum absolute atomic E-state index is 0.0394. The van der Waals surface area contributed by atoms with Gasteiger partial charge in [-0.2, -0.15) is 13.2 Å². The molecule has 0 atom stereocenters. The zero-order valence-corrected chi connectivity index (χ0v) is 23.3. The fourth-order valence-corrected chi connectivity index (χ4v) is 5.68. The van der Waals surface area contributed by atoms with Gasteiger partial charge in [0.25, 0.3) is 5.91 Å². The monoisotopic (exact) mass is 586 g/mol. The summed E-state index contributed by atoms with van der Waals surface area (Å²) in [6.07, 6.45) is -2.54. The molecule has 13 heteroatoms. The Kier molecular flexibility index (Phi) is 8.27. The number of rotatable bonds is 8. The standard InChI is InChI=1S/C28H29F3N6O3S/c1-36-12-10-19(11-13-36)33-21-4-3-5-22-20(21)14-23(37(22)16-28(29,30)31)26-35-34-24(41-26)15-32-25(38)17-6-8-18(9-7-17)27(39)40-2/h3-9,14,19,33H,10-13,15-16H2,1-2H3,(H,32,38). The third kappa shape index (κ3) is 6.68. The first-order chi connectivity index (χ1) is 19.6. The van der Waals surface area contributed by atoms with Crippen LogP contribution in [0.5, 0.6) is 0 Å². The van der Waals surface area contributed by atoms with E-state index in [1.165, 1.54) is 35.9 Å². The number of anilines is 1. The van der Waals surface area contributed by atoms with Crippen molar-refractivity contribution in [1.29, 1.82) is 0 Å². The third-order valence-electron chi connectivity index (χ3n) is 7.02. The van der Waals surface area contributed by atoms with Crippen molar-refractivity contribution in [3.8, 4) is 10.7 Å². The van der Waals surface area contributed by atoms with Gasteiger partial charge in [0.1, 0.15) is 11.6 Å². The number of aromatic nitrogens is 3. The predicted octanol–water partition coefficient (Wildman–Crippen LogP) is 4.94. The zero-order valence-electron chi connectivity index (χ0n) is 22.5. The Morgan fingerprint density at radius 1 is 1.07 bits per heavy atom. The number of amides is 1. The van der Waals surface area contributed by atoms with Crippen molar-refractivity contribution in [2.24, 2.45) is 0 Å². The lowest BCUT2D eigenvalue weighted by molar-refractivity contribution is -0.139. The summed E-state index contributed by atoms with van der Waals surface area (Å²) in [5, 5.41) is 16.0. The molecule has 0 radical (unpaired) electrons. The number of piperidine rings is 1. The van der Waals surface area contributed by atoms with E-state index < -0.39 is 24.6 Å². The van der Waals surface area contributed by atoms with Crippen molar-refractivity contribution in [3.63, 3.8) is 0 Å². The highest BCUT2D eigenvalue weighted by Gasteiger charge is 2.31. The highest BCUT2D eigenvalue weighted by Crippen LogP contribution is 2.36. The molecule has 0 saturated carbocycles. The molecule has 1 aliphatic rings. The number of likely N-dealkylation sites (tertiary alicyclic amines) is 1. The molecule has 41 heavy (non-hydrogen) atoms. The summed E-state index contributed by atoms with van der Waals surface area (Å²) >= 11 is 1.12. The van der Waals surface area contributed by atoms with Crippen LogP contribution < -0.4 is 10.6 Å². The molecule has 216 valence electrons. The summed E-state index contributed by atoms with van der Waals surface area (Å²) in [6.45, 7) is 0.780. The first kappa shape index (κ1) is 28.6. The number of hydrogen-bond donors (Lipinski definition) is 2. The van der Waals surface area contributed by atoms with Crippen LogP contribution in [0.15, 0.2) is 48.5 Å². The van der Waals surface area contributed by atoms with Crippen LogP contribution in [0.3, 0.4) is 0 Å². The number of carbonyl (C=O) groups excluding carboxylic acids is 2. The lowest BCUT2D eigenvalue weighted by Gasteiger charge is -2.30. The van der Waals surface area contributed by atoms with Crippen LogP contribution in [0, 0.1) is 0 Å². The third-order valence-corrected chi connectivity index (χ3v) is 7.96. The average Bonchev–Trinajstić information content (AvgIpc) is 3.57. The second kappa shape index (κ2) is 11.9. The Labute approximate surface area is 238 Å². The highest BCUT2D eigenvalue weighted by atomic mass is 32.1. The second-order valence-corrected chi connectivity index (χ2v) is 11.0. The number of benzene rings is 2. The number of methoxy groups -OCH3 is 1. The summed E-state index contributed by atoms with van der Waals surface area (Å²) in [7, 11) is 3.35. The van der Waals surface area contributed by atoms with Gasteiger partial charge in [0.15, 0.2) is 5.01 Å². The molecule has 1 aliphatic heterocycles. The maximum atomic E-state index is 13.7. The Bertz CT molecular complexity index is 1540. The van der Waals surface area contributed by atoms with Crippen molar-refractivity contribution >= 4 is 39.8 Å². The molecule has 1 amide bonds. The summed E-state index contributed by atoms with van der Waals surface area (Å²) in [6, 6.07) is 13.3. The van der Waals surface area contributed by atoms with E-state index in [9.17, 15) is 22.8 Å². The number of esters is 1. The molecular weight excluding hydrogens is 557 g/mol. The van der Waals surface area contributed by atoms with E-state index in [2.05, 4.69) is 37.5 Å². The smallest absolute Gasteiger partial charge is 0.406 e. The van der Waals surface area contributed by atoms with Crippen LogP contribution in [0.4, 0.5) is 18.9 Å². The largest absolute Gasteiger partial charge is 0.465 e. The summed E-state index contributed by atoms with van der Waals surface area (Å²) in [4.78, 5) is 26.4. The van der Waals surface area contributed by atoms with E-state index in [1.807, 2.05) is 6.07 Å². The molecule has 0 spiro atoms. The number of nitrogens with zero attached hydrogens (tertiary/aromatic N) is 4. The van der Waals surface area contributed by atoms with E-state index >= 15 is 0 Å². The van der Waals surface area contributed by atoms with Gasteiger partial charge in [-0.05, 0) is 75.4 Å². The molecular formula is C28H29F3N6O3S. The van der Waals surface area contributed by atoms with Gasteiger partial charge in [-0.3, -0.25) is 4.79 Å². The summed E-state index contributed by atoms with van der Waals surface area (Å²) < 4.78 is 46.9. The maximum Gasteiger partial charge on any atom is 0.406 e. The number of fused-ring (bicyclic) bond motifs is 1. The molecule has 4 aromatic rings. The van der Waals surface area contributed by atoms with Crippen LogP contribution in [0.25, 0.3) is 21.6 Å². The molecule has 0 aliphatic carbocycles. The van der Waals surface area contributed by atoms with E-state index in [4.69, 9.17) is 0 Å². The zero-order chi connectivity index (χ0) is 29.1. The molecule has 1 saturated heterocycles. The molecule has 0 unspecified atom stereocenters. The fraction of sp³-hybridized carbons (Fsp3) is 0.357. The number of carbonyl (C=O) groups is 2. The van der Waals surface area contributed by atoms with Gasteiger partial charge in [0, 0.05) is 22.7 Å². The molecule has 2 N–H and O–H groups in total. The Balaban J connectivity index is 1.37. The quantitative estimate of drug-likeness (QED) is 0.282. The van der Waals surface area contributed by atoms with Crippen LogP contribution in [0.1, 0.15) is 38.6 Å². The van der Waals surface area contributed by atoms with Crippen LogP contribution in [0.2, 0.25) is 0 Å². The Morgan fingerprint density at radius 2 is 1.78 bits per heavy atom. The van der Waals surface area contributed by atoms with Crippen molar-refractivity contribution in [1.82, 2.24) is 25.0 Å². The van der Waals surface area contributed by atoms with E-state index in [-0.39, 0.29) is 12.6 Å². The summed E-state index contributed by atoms with van der Waals surface area (Å²) in [5.74, 6) is -0.903. The van der Waals surface area contributed by atoms with Crippen LogP contribution in [-0.2, 0) is 17.8 Å². The normalized spacial score (nSPS) is 14.8. The Morgan fingerprint density at radius 3 is 2.46 bits per heavy atom. The van der Waals surface area contributed by atoms with Crippen molar-refractivity contribution in [2.45, 2.75) is 38.1 Å². The number of hydrogen-bond acceptors (Lipinski definition) is 8. The van der Waals surface area contributed by atoms with E-state index in [0.717, 1.165) is 43.0 Å². The molecule has 3 heterocycles. The minimum atomic E-state index is -4.44. The molecule has 0 bridgehead atoms. The topological polar surface area (TPSA) is 101 Å². The number of ether oxygens (including phenoxy) is 1. The van der Waals surface area contributed by atoms with Crippen LogP contribution in [-0.4, -0.2) is 71.0 Å². The van der Waals surface area contributed by atoms with Gasteiger partial charge in [-0.1, -0.05) is 17.4 Å². The fourth-order valence-electron chi connectivity index (χ4n) is 4.87. The molecule has 5 rings (SSSR count). The number of alkyl halides is 3. The lowest BCUT2D eigenvalue weighted by Crippen LogP contribution is -2.36. The predicted molar refractivity (Wildman–Crippen MR) is 150 cm³/mol. The van der Waals surface area contributed by atoms with Gasteiger partial charge in [0.2, 0.25) is 0 Å². The number of nitrogens with one attached hydrogen (secondary N) is 2. The molecule has 2 aromatic carbocycles. The van der Waals surface area contributed by atoms with Gasteiger partial charge < -0.3 is 24.8 Å². The van der Waals surface area contributed by atoms with Gasteiger partial charge in [-0.25, -0.2) is 4.79 Å². The SMILES string of the molecule is COC(=O)c1ccc(C(=O)NCc2nnc(-c3cc4c(NC5CCN(C)CC5)cccc4n3CC(F)(F)F)s2)cc1. The van der Waals surface area contributed by atoms with E-state index in [0.29, 0.717) is 37.7 Å². The summed E-state index contributed by atoms with van der Waals surface area (Å²) in [5.41, 5.74) is 2.20. The number of halogens is 3. The van der Waals surface area contributed by atoms with Gasteiger partial charge >= 0.3 is 12.1 Å². The van der Waals surface area contributed by atoms with Crippen molar-refractivity contribution in [3.05, 3.63) is 64.7 Å². The van der Waals surface area contributed by atoms with Crippen molar-refractivity contribution in [2.75, 3.05) is 32.6 Å². The molecule has 1 fully saturated rings. The minimum Gasteiger partial charge on any atom is -0.465 e. The molecule has 9 nitrogen and oxygen atoms in total. The van der Waals surface area contributed by atoms with Crippen LogP contribution >= 0.6 is 11.3 Å². The van der Waals surface area contributed by atoms with Gasteiger partial charge in [-0.15, -0.1) is 10.2 Å².